The number of hydrogen-bond donors (Lipinski definition) is 6. The number of phosphoric ester groups is 1. The Labute approximate surface area is 180 Å². The first-order valence-corrected chi connectivity index (χ1v) is 13.2. The van der Waals surface area contributed by atoms with Gasteiger partial charge in [0.25, 0.3) is 0 Å². The second-order valence-corrected chi connectivity index (χ2v) is 11.3. The summed E-state index contributed by atoms with van der Waals surface area (Å²) in [5.41, 5.74) is -0.430. The molecule has 1 aliphatic rings. The van der Waals surface area contributed by atoms with E-state index in [2.05, 4.69) is 28.4 Å². The molecule has 19 heteroatoms. The lowest BCUT2D eigenvalue weighted by Crippen LogP contribution is -2.28. The van der Waals surface area contributed by atoms with E-state index < -0.39 is 47.9 Å². The van der Waals surface area contributed by atoms with Gasteiger partial charge < -0.3 is 39.2 Å². The molecule has 0 aliphatic carbocycles. The molecule has 16 nitrogen and oxygen atoms in total. The summed E-state index contributed by atoms with van der Waals surface area (Å²) < 4.78 is 57.0. The number of nitrogens with one attached hydrogen (secondary N) is 1. The smallest absolute Gasteiger partial charge is 0.458 e. The van der Waals surface area contributed by atoms with Crippen LogP contribution in [0.25, 0.3) is 11.1 Å². The molecular formula is C13H20N3O13P3. The van der Waals surface area contributed by atoms with Crippen LogP contribution in [0.4, 0.5) is 5.82 Å². The van der Waals surface area contributed by atoms with Gasteiger partial charge in [-0.15, -0.1) is 0 Å². The summed E-state index contributed by atoms with van der Waals surface area (Å²) in [4.78, 5) is 44.0. The third kappa shape index (κ3) is 6.00. The average Bonchev–Trinajstić information content (AvgIpc) is 3.16. The van der Waals surface area contributed by atoms with Crippen LogP contribution >= 0.6 is 23.5 Å². The predicted octanol–water partition coefficient (Wildman–Crippen LogP) is 1.19. The monoisotopic (exact) mass is 519 g/mol. The molecule has 3 rings (SSSR count). The molecule has 1 fully saturated rings. The average molecular weight is 519 g/mol. The molecular weight excluding hydrogens is 499 g/mol. The molecule has 5 atom stereocenters. The van der Waals surface area contributed by atoms with Gasteiger partial charge in [-0.2, -0.15) is 8.62 Å². The van der Waals surface area contributed by atoms with Crippen molar-refractivity contribution in [2.24, 2.45) is 0 Å². The second-order valence-electron chi connectivity index (χ2n) is 6.93. The molecule has 2 aromatic rings. The minimum Gasteiger partial charge on any atom is -0.458 e. The first kappa shape index (κ1) is 25.4. The fraction of sp³-hybridized carbons (Fsp3) is 0.538. The SMILES string of the molecule is CNc1ncnc2c([C@@H]3O[C@H](COP(=O)(O)OP(=O)(O)OP(=O)(O)O)C[C@@]3(C)O)coc12. The quantitative estimate of drug-likeness (QED) is 0.255. The summed E-state index contributed by atoms with van der Waals surface area (Å²) in [7, 11) is -14.8. The van der Waals surface area contributed by atoms with E-state index in [9.17, 15) is 28.6 Å². The van der Waals surface area contributed by atoms with E-state index in [1.807, 2.05) is 0 Å². The van der Waals surface area contributed by atoms with Gasteiger partial charge in [-0.05, 0) is 6.92 Å². The van der Waals surface area contributed by atoms with Gasteiger partial charge in [-0.25, -0.2) is 23.7 Å². The van der Waals surface area contributed by atoms with Crippen molar-refractivity contribution in [2.75, 3.05) is 19.0 Å². The molecule has 1 aliphatic heterocycles. The molecule has 2 unspecified atom stereocenters. The van der Waals surface area contributed by atoms with Gasteiger partial charge in [-0.1, -0.05) is 0 Å². The third-order valence-corrected chi connectivity index (χ3v) is 8.08. The third-order valence-electron chi connectivity index (χ3n) is 4.27. The minimum absolute atomic E-state index is 0.0932. The Kier molecular flexibility index (Phi) is 7.01. The number of nitrogens with zero attached hydrogens (tertiary/aromatic N) is 2. The maximum Gasteiger partial charge on any atom is 0.490 e. The van der Waals surface area contributed by atoms with Crippen LogP contribution in [0.3, 0.4) is 0 Å². The molecule has 0 radical (unpaired) electrons. The molecule has 3 heterocycles. The van der Waals surface area contributed by atoms with Gasteiger partial charge in [0.1, 0.15) is 17.9 Å². The molecule has 0 amide bonds. The molecule has 2 aromatic heterocycles. The molecule has 0 saturated carbocycles. The summed E-state index contributed by atoms with van der Waals surface area (Å²) in [5, 5.41) is 13.6. The maximum atomic E-state index is 11.9. The van der Waals surface area contributed by atoms with E-state index in [1.165, 1.54) is 19.5 Å². The molecule has 0 aromatic carbocycles. The lowest BCUT2D eigenvalue weighted by molar-refractivity contribution is -0.0458. The van der Waals surface area contributed by atoms with E-state index >= 15 is 0 Å². The van der Waals surface area contributed by atoms with Crippen LogP contribution in [0.1, 0.15) is 25.0 Å². The van der Waals surface area contributed by atoms with Crippen LogP contribution in [0.5, 0.6) is 0 Å². The molecule has 32 heavy (non-hydrogen) atoms. The van der Waals surface area contributed by atoms with E-state index in [0.717, 1.165) is 0 Å². The van der Waals surface area contributed by atoms with Crippen molar-refractivity contribution in [1.82, 2.24) is 9.97 Å². The van der Waals surface area contributed by atoms with Crippen molar-refractivity contribution in [3.05, 3.63) is 18.2 Å². The Balaban J connectivity index is 1.70. The summed E-state index contributed by atoms with van der Waals surface area (Å²) in [6, 6.07) is 0. The summed E-state index contributed by atoms with van der Waals surface area (Å²) in [6.45, 7) is 0.754. The van der Waals surface area contributed by atoms with Gasteiger partial charge in [0.05, 0.1) is 24.6 Å². The van der Waals surface area contributed by atoms with Gasteiger partial charge in [0.2, 0.25) is 0 Å². The van der Waals surface area contributed by atoms with Crippen LogP contribution in [0.2, 0.25) is 0 Å². The molecule has 0 bridgehead atoms. The van der Waals surface area contributed by atoms with Crippen molar-refractivity contribution in [3.8, 4) is 0 Å². The van der Waals surface area contributed by atoms with Crippen LogP contribution in [0.15, 0.2) is 17.0 Å². The fourth-order valence-corrected chi connectivity index (χ4v) is 6.22. The number of aliphatic hydroxyl groups is 1. The van der Waals surface area contributed by atoms with Crippen molar-refractivity contribution >= 4 is 40.4 Å². The van der Waals surface area contributed by atoms with Crippen LogP contribution in [0, 0.1) is 0 Å². The zero-order chi connectivity index (χ0) is 23.9. The van der Waals surface area contributed by atoms with Crippen molar-refractivity contribution in [2.45, 2.75) is 31.2 Å². The topological polar surface area (TPSA) is 240 Å². The van der Waals surface area contributed by atoms with E-state index in [4.69, 9.17) is 18.9 Å². The Bertz CT molecular complexity index is 1130. The van der Waals surface area contributed by atoms with Crippen molar-refractivity contribution < 1.29 is 60.7 Å². The van der Waals surface area contributed by atoms with Gasteiger partial charge >= 0.3 is 23.5 Å². The summed E-state index contributed by atoms with van der Waals surface area (Å²) >= 11 is 0. The Morgan fingerprint density at radius 3 is 2.50 bits per heavy atom. The minimum atomic E-state index is -5.63. The van der Waals surface area contributed by atoms with Gasteiger partial charge in [0.15, 0.2) is 11.4 Å². The number of rotatable bonds is 9. The van der Waals surface area contributed by atoms with Crippen molar-refractivity contribution in [3.63, 3.8) is 0 Å². The summed E-state index contributed by atoms with van der Waals surface area (Å²) in [6.07, 6.45) is 0.533. The first-order chi connectivity index (χ1) is 14.6. The molecule has 180 valence electrons. The van der Waals surface area contributed by atoms with Crippen LogP contribution in [-0.4, -0.2) is 60.0 Å². The van der Waals surface area contributed by atoms with E-state index in [1.54, 1.807) is 7.05 Å². The van der Waals surface area contributed by atoms with E-state index in [-0.39, 0.29) is 6.42 Å². The highest BCUT2D eigenvalue weighted by atomic mass is 31.3. The number of ether oxygens (including phenoxy) is 1. The Hall–Kier alpha value is -1.25. The fourth-order valence-electron chi connectivity index (χ4n) is 3.18. The lowest BCUT2D eigenvalue weighted by atomic mass is 9.92. The van der Waals surface area contributed by atoms with Gasteiger partial charge in [0, 0.05) is 19.0 Å². The number of aromatic nitrogens is 2. The predicted molar refractivity (Wildman–Crippen MR) is 104 cm³/mol. The van der Waals surface area contributed by atoms with Crippen molar-refractivity contribution in [1.29, 1.82) is 0 Å². The van der Waals surface area contributed by atoms with E-state index in [0.29, 0.717) is 22.5 Å². The van der Waals surface area contributed by atoms with Crippen LogP contribution in [-0.2, 0) is 31.6 Å². The highest BCUT2D eigenvalue weighted by molar-refractivity contribution is 7.66. The highest BCUT2D eigenvalue weighted by Crippen LogP contribution is 2.66. The number of furan rings is 1. The largest absolute Gasteiger partial charge is 0.490 e. The van der Waals surface area contributed by atoms with Gasteiger partial charge in [-0.3, -0.25) is 4.52 Å². The summed E-state index contributed by atoms with van der Waals surface area (Å²) in [5.74, 6) is 0.406. The molecule has 6 N–H and O–H groups in total. The maximum absolute atomic E-state index is 11.9. The standard InChI is InChI=1S/C13H20N3O13P3/c1-13(17)3-7(4-26-31(21,22)29-32(23,24)28-30(18,19)20)27-11(13)8-5-25-10-9(8)15-6-16-12(10)14-2/h5-7,11,17H,3-4H2,1-2H3,(H,21,22)(H,23,24)(H,14,15,16)(H2,18,19,20)/t7-,11-,13+/m0/s1. The zero-order valence-electron chi connectivity index (χ0n) is 16.5. The highest BCUT2D eigenvalue weighted by Gasteiger charge is 2.48. The first-order valence-electron chi connectivity index (χ1n) is 8.68. The number of hydrogen-bond acceptors (Lipinski definition) is 12. The zero-order valence-corrected chi connectivity index (χ0v) is 19.1. The Morgan fingerprint density at radius 2 is 1.88 bits per heavy atom. The molecule has 1 saturated heterocycles. The normalized spacial score (nSPS) is 27.8. The number of fused-ring (bicyclic) bond motifs is 1. The second kappa shape index (κ2) is 8.84. The van der Waals surface area contributed by atoms with Crippen LogP contribution < -0.4 is 5.32 Å². The Morgan fingerprint density at radius 1 is 1.19 bits per heavy atom. The number of anilines is 1. The molecule has 0 spiro atoms. The lowest BCUT2D eigenvalue weighted by Gasteiger charge is -2.22. The number of phosphoric acid groups is 3.